The Bertz CT molecular complexity index is 505. The number of aldehydes is 1. The maximum atomic E-state index is 10.7. The third-order valence-electron chi connectivity index (χ3n) is 2.20. The summed E-state index contributed by atoms with van der Waals surface area (Å²) in [5.41, 5.74) is 1.04. The molecule has 2 aromatic rings. The number of carbonyl (C=O) groups is 1. The van der Waals surface area contributed by atoms with Gasteiger partial charge in [-0.15, -0.1) is 0 Å². The van der Waals surface area contributed by atoms with Crippen LogP contribution < -0.4 is 9.47 Å². The number of methoxy groups -OCH3 is 2. The summed E-state index contributed by atoms with van der Waals surface area (Å²) in [4.78, 5) is 10.7. The van der Waals surface area contributed by atoms with Gasteiger partial charge in [-0.1, -0.05) is 0 Å². The van der Waals surface area contributed by atoms with Crippen LogP contribution in [0.2, 0.25) is 0 Å². The number of carbonyl (C=O) groups excluding carboxylic acids is 1. The summed E-state index contributed by atoms with van der Waals surface area (Å²) in [5.74, 6) is 1.21. The minimum absolute atomic E-state index is 0.419. The Balaban J connectivity index is 2.77. The minimum atomic E-state index is 0.419. The highest BCUT2D eigenvalue weighted by Crippen LogP contribution is 2.30. The minimum Gasteiger partial charge on any atom is -0.497 e. The Hall–Kier alpha value is -2.04. The van der Waals surface area contributed by atoms with E-state index in [0.29, 0.717) is 34.4 Å². The molecule has 78 valence electrons. The van der Waals surface area contributed by atoms with E-state index in [1.807, 2.05) is 0 Å². The highest BCUT2D eigenvalue weighted by molar-refractivity contribution is 5.98. The lowest BCUT2D eigenvalue weighted by atomic mass is 10.2. The number of aromatic amines is 1. The van der Waals surface area contributed by atoms with E-state index < -0.39 is 0 Å². The highest BCUT2D eigenvalue weighted by atomic mass is 16.5. The number of aromatic nitrogens is 2. The number of ether oxygens (including phenoxy) is 2. The normalized spacial score (nSPS) is 10.3. The van der Waals surface area contributed by atoms with Crippen molar-refractivity contribution in [1.82, 2.24) is 10.2 Å². The fourth-order valence-electron chi connectivity index (χ4n) is 1.44. The van der Waals surface area contributed by atoms with Gasteiger partial charge in [0.2, 0.25) is 0 Å². The van der Waals surface area contributed by atoms with E-state index in [1.54, 1.807) is 26.4 Å². The molecule has 0 spiro atoms. The van der Waals surface area contributed by atoms with Crippen LogP contribution in [0.15, 0.2) is 12.1 Å². The van der Waals surface area contributed by atoms with Gasteiger partial charge in [-0.25, -0.2) is 0 Å². The average Bonchev–Trinajstić information content (AvgIpc) is 2.70. The van der Waals surface area contributed by atoms with Crippen LogP contribution >= 0.6 is 0 Å². The van der Waals surface area contributed by atoms with E-state index in [0.717, 1.165) is 0 Å². The molecule has 0 bridgehead atoms. The van der Waals surface area contributed by atoms with Gasteiger partial charge in [-0.2, -0.15) is 5.10 Å². The van der Waals surface area contributed by atoms with Crippen LogP contribution in [0.3, 0.4) is 0 Å². The lowest BCUT2D eigenvalue weighted by Crippen LogP contribution is -1.88. The van der Waals surface area contributed by atoms with Crippen molar-refractivity contribution in [2.75, 3.05) is 14.2 Å². The molecule has 0 aliphatic rings. The van der Waals surface area contributed by atoms with Crippen LogP contribution in [-0.4, -0.2) is 30.7 Å². The molecule has 0 fully saturated rings. The third-order valence-corrected chi connectivity index (χ3v) is 2.20. The lowest BCUT2D eigenvalue weighted by molar-refractivity contribution is 0.112. The summed E-state index contributed by atoms with van der Waals surface area (Å²) in [7, 11) is 3.10. The van der Waals surface area contributed by atoms with Gasteiger partial charge < -0.3 is 9.47 Å². The third kappa shape index (κ3) is 1.41. The molecule has 0 amide bonds. The number of fused-ring (bicyclic) bond motifs is 1. The van der Waals surface area contributed by atoms with Crippen molar-refractivity contribution in [3.63, 3.8) is 0 Å². The number of nitrogens with zero attached hydrogens (tertiary/aromatic N) is 1. The molecular formula is C10H10N2O3. The van der Waals surface area contributed by atoms with Gasteiger partial charge in [-0.05, 0) is 6.07 Å². The highest BCUT2D eigenvalue weighted by Gasteiger charge is 2.11. The SMILES string of the molecule is COc1cc(OC)c2n[nH]c(C=O)c2c1. The van der Waals surface area contributed by atoms with Gasteiger partial charge in [0.15, 0.2) is 12.0 Å². The predicted octanol–water partition coefficient (Wildman–Crippen LogP) is 1.39. The van der Waals surface area contributed by atoms with Crippen LogP contribution in [0.25, 0.3) is 10.9 Å². The van der Waals surface area contributed by atoms with E-state index >= 15 is 0 Å². The van der Waals surface area contributed by atoms with Gasteiger partial charge in [0.1, 0.15) is 17.0 Å². The van der Waals surface area contributed by atoms with Crippen LogP contribution in [0.1, 0.15) is 10.5 Å². The number of H-pyrrole nitrogens is 1. The number of rotatable bonds is 3. The smallest absolute Gasteiger partial charge is 0.168 e. The maximum absolute atomic E-state index is 10.7. The zero-order valence-electron chi connectivity index (χ0n) is 8.40. The lowest BCUT2D eigenvalue weighted by Gasteiger charge is -2.04. The molecule has 0 aliphatic carbocycles. The van der Waals surface area contributed by atoms with Crippen molar-refractivity contribution in [3.05, 3.63) is 17.8 Å². The first-order valence-electron chi connectivity index (χ1n) is 4.35. The van der Waals surface area contributed by atoms with E-state index in [-0.39, 0.29) is 0 Å². The van der Waals surface area contributed by atoms with Crippen LogP contribution in [0.4, 0.5) is 0 Å². The van der Waals surface area contributed by atoms with Crippen LogP contribution in [0, 0.1) is 0 Å². The second-order valence-electron chi connectivity index (χ2n) is 2.98. The fourth-order valence-corrected chi connectivity index (χ4v) is 1.44. The molecule has 0 unspecified atom stereocenters. The van der Waals surface area contributed by atoms with Crippen molar-refractivity contribution < 1.29 is 14.3 Å². The van der Waals surface area contributed by atoms with E-state index in [2.05, 4.69) is 10.2 Å². The van der Waals surface area contributed by atoms with Gasteiger partial charge in [0.25, 0.3) is 0 Å². The molecule has 1 aromatic carbocycles. The number of benzene rings is 1. The Kier molecular flexibility index (Phi) is 2.29. The van der Waals surface area contributed by atoms with Crippen molar-refractivity contribution in [2.45, 2.75) is 0 Å². The Morgan fingerprint density at radius 3 is 2.73 bits per heavy atom. The van der Waals surface area contributed by atoms with Crippen molar-refractivity contribution in [1.29, 1.82) is 0 Å². The van der Waals surface area contributed by atoms with Gasteiger partial charge in [-0.3, -0.25) is 9.89 Å². The Labute approximate surface area is 86.0 Å². The standard InChI is InChI=1S/C10H10N2O3/c1-14-6-3-7-8(5-13)11-12-10(7)9(4-6)15-2/h3-5H,1-2H3,(H,11,12). The summed E-state index contributed by atoms with van der Waals surface area (Å²) in [6.07, 6.45) is 0.716. The van der Waals surface area contributed by atoms with E-state index in [1.165, 1.54) is 0 Å². The summed E-state index contributed by atoms with van der Waals surface area (Å²) in [6.45, 7) is 0. The predicted molar refractivity (Wildman–Crippen MR) is 54.6 cm³/mol. The van der Waals surface area contributed by atoms with Crippen molar-refractivity contribution in [2.24, 2.45) is 0 Å². The fraction of sp³-hybridized carbons (Fsp3) is 0.200. The second-order valence-corrected chi connectivity index (χ2v) is 2.98. The van der Waals surface area contributed by atoms with Crippen LogP contribution in [0.5, 0.6) is 11.5 Å². The molecule has 15 heavy (non-hydrogen) atoms. The largest absolute Gasteiger partial charge is 0.497 e. The number of hydrogen-bond donors (Lipinski definition) is 1. The molecule has 1 aromatic heterocycles. The molecule has 2 rings (SSSR count). The van der Waals surface area contributed by atoms with Crippen molar-refractivity contribution >= 4 is 17.2 Å². The topological polar surface area (TPSA) is 64.2 Å². The van der Waals surface area contributed by atoms with Crippen LogP contribution in [-0.2, 0) is 0 Å². The zero-order chi connectivity index (χ0) is 10.8. The van der Waals surface area contributed by atoms with E-state index in [4.69, 9.17) is 9.47 Å². The summed E-state index contributed by atoms with van der Waals surface area (Å²) in [6, 6.07) is 3.46. The maximum Gasteiger partial charge on any atom is 0.168 e. The van der Waals surface area contributed by atoms with E-state index in [9.17, 15) is 4.79 Å². The van der Waals surface area contributed by atoms with Crippen molar-refractivity contribution in [3.8, 4) is 11.5 Å². The molecule has 5 heteroatoms. The average molecular weight is 206 g/mol. The first-order valence-corrected chi connectivity index (χ1v) is 4.35. The quantitative estimate of drug-likeness (QED) is 0.771. The van der Waals surface area contributed by atoms with Gasteiger partial charge in [0.05, 0.1) is 14.2 Å². The van der Waals surface area contributed by atoms with Gasteiger partial charge in [0, 0.05) is 11.5 Å². The molecular weight excluding hydrogens is 196 g/mol. The first kappa shape index (κ1) is 9.51. The van der Waals surface area contributed by atoms with Gasteiger partial charge >= 0.3 is 0 Å². The first-order chi connectivity index (χ1) is 7.30. The molecule has 0 atom stereocenters. The molecule has 0 saturated heterocycles. The molecule has 1 N–H and O–H groups in total. The molecule has 0 saturated carbocycles. The second kappa shape index (κ2) is 3.61. The Morgan fingerprint density at radius 2 is 2.13 bits per heavy atom. The molecule has 0 radical (unpaired) electrons. The monoisotopic (exact) mass is 206 g/mol. The molecule has 5 nitrogen and oxygen atoms in total. The summed E-state index contributed by atoms with van der Waals surface area (Å²) < 4.78 is 10.2. The summed E-state index contributed by atoms with van der Waals surface area (Å²) >= 11 is 0. The number of nitrogens with one attached hydrogen (secondary N) is 1. The summed E-state index contributed by atoms with van der Waals surface area (Å²) in [5, 5.41) is 7.33. The molecule has 0 aliphatic heterocycles. The zero-order valence-corrected chi connectivity index (χ0v) is 8.40. The molecule has 1 heterocycles. The Morgan fingerprint density at radius 1 is 1.33 bits per heavy atom. The number of hydrogen-bond acceptors (Lipinski definition) is 4.